The zero-order valence-corrected chi connectivity index (χ0v) is 22.9. The largest absolute Gasteiger partial charge is 0.491 e. The number of carbonyl (C=O) groups excluding carboxylic acids is 1. The van der Waals surface area contributed by atoms with Gasteiger partial charge in [0, 0.05) is 24.3 Å². The Morgan fingerprint density at radius 2 is 1.94 bits per heavy atom. The van der Waals surface area contributed by atoms with Crippen LogP contribution in [0.1, 0.15) is 54.4 Å². The summed E-state index contributed by atoms with van der Waals surface area (Å²) in [4.78, 5) is 19.3. The number of amides is 1. The summed E-state index contributed by atoms with van der Waals surface area (Å²) in [6.07, 6.45) is 2.57. The molecule has 1 fully saturated rings. The van der Waals surface area contributed by atoms with Gasteiger partial charge in [-0.25, -0.2) is 4.99 Å². The topological polar surface area (TPSA) is 78.0 Å². The Kier molecular flexibility index (Phi) is 12.3. The number of ether oxygens (including phenoxy) is 1. The van der Waals surface area contributed by atoms with Crippen LogP contribution in [0.25, 0.3) is 0 Å². The molecule has 2 rings (SSSR count). The zero-order valence-electron chi connectivity index (χ0n) is 20.5. The van der Waals surface area contributed by atoms with Crippen LogP contribution in [0.4, 0.5) is 5.69 Å². The predicted octanol–water partition coefficient (Wildman–Crippen LogP) is 4.10. The van der Waals surface area contributed by atoms with Crippen molar-refractivity contribution in [3.05, 3.63) is 24.3 Å². The van der Waals surface area contributed by atoms with Crippen molar-refractivity contribution in [2.75, 3.05) is 38.0 Å². The van der Waals surface area contributed by atoms with Crippen molar-refractivity contribution in [1.29, 1.82) is 0 Å². The number of rotatable bonds is 8. The number of hydrogen-bond acceptors (Lipinski definition) is 4. The van der Waals surface area contributed by atoms with Gasteiger partial charge in [0.2, 0.25) is 5.91 Å². The van der Waals surface area contributed by atoms with Gasteiger partial charge < -0.3 is 25.6 Å². The Labute approximate surface area is 211 Å². The van der Waals surface area contributed by atoms with Crippen molar-refractivity contribution in [2.45, 2.75) is 66.0 Å². The highest BCUT2D eigenvalue weighted by Crippen LogP contribution is 2.18. The maximum absolute atomic E-state index is 12.3. The number of nitrogens with zero attached hydrogens (tertiary/aromatic N) is 2. The molecular weight excluding hydrogens is 517 g/mol. The molecule has 1 saturated heterocycles. The molecular formula is C24H42IN5O2. The normalized spacial score (nSPS) is 17.5. The predicted molar refractivity (Wildman–Crippen MR) is 144 cm³/mol. The molecule has 3 N–H and O–H groups in total. The lowest BCUT2D eigenvalue weighted by atomic mass is 9.98. The van der Waals surface area contributed by atoms with Crippen molar-refractivity contribution in [2.24, 2.45) is 10.9 Å². The standard InChI is InChI=1S/C24H41N5O2.HI/c1-7-29-14-8-9-19(17-29)15-25-23(26-16-22(30)28-24(4,5)6)27-20-10-12-21(13-11-20)31-18(2)3;/h10-13,18-19H,7-9,14-17H2,1-6H3,(H,28,30)(H2,25,26,27);1H. The molecule has 1 amide bonds. The molecule has 0 aromatic heterocycles. The molecule has 32 heavy (non-hydrogen) atoms. The van der Waals surface area contributed by atoms with Crippen LogP contribution in [0, 0.1) is 5.92 Å². The van der Waals surface area contributed by atoms with E-state index in [4.69, 9.17) is 4.74 Å². The molecule has 0 radical (unpaired) electrons. The highest BCUT2D eigenvalue weighted by atomic mass is 127. The van der Waals surface area contributed by atoms with Crippen molar-refractivity contribution < 1.29 is 9.53 Å². The number of halogens is 1. The van der Waals surface area contributed by atoms with Crippen LogP contribution < -0.4 is 20.7 Å². The Morgan fingerprint density at radius 1 is 1.25 bits per heavy atom. The highest BCUT2D eigenvalue weighted by Gasteiger charge is 2.19. The van der Waals surface area contributed by atoms with Gasteiger partial charge in [-0.3, -0.25) is 4.79 Å². The van der Waals surface area contributed by atoms with E-state index < -0.39 is 0 Å². The maximum Gasteiger partial charge on any atom is 0.242 e. The molecule has 1 atom stereocenters. The first kappa shape index (κ1) is 28.5. The quantitative estimate of drug-likeness (QED) is 0.254. The summed E-state index contributed by atoms with van der Waals surface area (Å²) < 4.78 is 5.72. The second kappa shape index (κ2) is 13.9. The van der Waals surface area contributed by atoms with E-state index in [1.165, 1.54) is 19.4 Å². The van der Waals surface area contributed by atoms with E-state index >= 15 is 0 Å². The molecule has 1 unspecified atom stereocenters. The molecule has 1 aromatic carbocycles. The van der Waals surface area contributed by atoms with Crippen LogP contribution >= 0.6 is 24.0 Å². The van der Waals surface area contributed by atoms with Gasteiger partial charge in [0.15, 0.2) is 5.96 Å². The van der Waals surface area contributed by atoms with Gasteiger partial charge in [0.25, 0.3) is 0 Å². The van der Waals surface area contributed by atoms with E-state index in [1.54, 1.807) is 0 Å². The fourth-order valence-corrected chi connectivity index (χ4v) is 3.62. The first-order valence-electron chi connectivity index (χ1n) is 11.5. The lowest BCUT2D eigenvalue weighted by molar-refractivity contribution is -0.121. The Hall–Kier alpha value is -1.55. The fourth-order valence-electron chi connectivity index (χ4n) is 3.62. The Bertz CT molecular complexity index is 716. The lowest BCUT2D eigenvalue weighted by Crippen LogP contribution is -2.44. The Balaban J connectivity index is 0.00000512. The number of hydrogen-bond donors (Lipinski definition) is 3. The van der Waals surface area contributed by atoms with Gasteiger partial charge in [-0.05, 0) is 90.7 Å². The summed E-state index contributed by atoms with van der Waals surface area (Å²) in [6.45, 7) is 16.4. The van der Waals surface area contributed by atoms with Crippen molar-refractivity contribution in [3.8, 4) is 5.75 Å². The number of aliphatic imine (C=N–C) groups is 1. The number of carbonyl (C=O) groups is 1. The first-order valence-corrected chi connectivity index (χ1v) is 11.5. The third-order valence-corrected chi connectivity index (χ3v) is 4.99. The summed E-state index contributed by atoms with van der Waals surface area (Å²) in [5.74, 6) is 1.93. The summed E-state index contributed by atoms with van der Waals surface area (Å²) in [5.41, 5.74) is 0.628. The molecule has 0 aliphatic carbocycles. The fraction of sp³-hybridized carbons (Fsp3) is 0.667. The number of anilines is 1. The van der Waals surface area contributed by atoms with Crippen molar-refractivity contribution in [3.63, 3.8) is 0 Å². The number of benzene rings is 1. The second-order valence-corrected chi connectivity index (χ2v) is 9.56. The Morgan fingerprint density at radius 3 is 2.53 bits per heavy atom. The van der Waals surface area contributed by atoms with Crippen LogP contribution in [0.3, 0.4) is 0 Å². The van der Waals surface area contributed by atoms with E-state index in [2.05, 4.69) is 32.8 Å². The number of piperidine rings is 1. The van der Waals surface area contributed by atoms with Gasteiger partial charge in [-0.2, -0.15) is 0 Å². The molecule has 8 heteroatoms. The minimum atomic E-state index is -0.272. The molecule has 0 bridgehead atoms. The average Bonchev–Trinajstić information content (AvgIpc) is 2.70. The van der Waals surface area contributed by atoms with E-state index in [0.717, 1.165) is 31.1 Å². The third-order valence-electron chi connectivity index (χ3n) is 4.99. The van der Waals surface area contributed by atoms with Crippen LogP contribution in [0.5, 0.6) is 5.75 Å². The monoisotopic (exact) mass is 559 g/mol. The van der Waals surface area contributed by atoms with Gasteiger partial charge in [-0.15, -0.1) is 24.0 Å². The lowest BCUT2D eigenvalue weighted by Gasteiger charge is -2.32. The molecule has 0 spiro atoms. The minimum Gasteiger partial charge on any atom is -0.491 e. The number of likely N-dealkylation sites (tertiary alicyclic amines) is 1. The molecule has 182 valence electrons. The maximum atomic E-state index is 12.3. The summed E-state index contributed by atoms with van der Waals surface area (Å²) >= 11 is 0. The third kappa shape index (κ3) is 11.4. The summed E-state index contributed by atoms with van der Waals surface area (Å²) in [6, 6.07) is 7.80. The molecule has 1 aromatic rings. The van der Waals surface area contributed by atoms with Gasteiger partial charge in [0.1, 0.15) is 12.3 Å². The van der Waals surface area contributed by atoms with Crippen LogP contribution in [-0.2, 0) is 4.79 Å². The average molecular weight is 560 g/mol. The van der Waals surface area contributed by atoms with E-state index in [1.807, 2.05) is 58.9 Å². The minimum absolute atomic E-state index is 0. The zero-order chi connectivity index (χ0) is 22.9. The van der Waals surface area contributed by atoms with Gasteiger partial charge >= 0.3 is 0 Å². The van der Waals surface area contributed by atoms with E-state index in [9.17, 15) is 4.79 Å². The second-order valence-electron chi connectivity index (χ2n) is 9.56. The van der Waals surface area contributed by atoms with Crippen LogP contribution in [0.2, 0.25) is 0 Å². The van der Waals surface area contributed by atoms with Crippen molar-refractivity contribution in [1.82, 2.24) is 15.5 Å². The molecule has 1 heterocycles. The van der Waals surface area contributed by atoms with Gasteiger partial charge in [-0.1, -0.05) is 6.92 Å². The van der Waals surface area contributed by atoms with Crippen LogP contribution in [-0.4, -0.2) is 61.1 Å². The molecule has 0 saturated carbocycles. The smallest absolute Gasteiger partial charge is 0.242 e. The number of nitrogens with one attached hydrogen (secondary N) is 3. The number of guanidine groups is 1. The first-order chi connectivity index (χ1) is 14.6. The van der Waals surface area contributed by atoms with E-state index in [0.29, 0.717) is 11.9 Å². The molecule has 1 aliphatic rings. The highest BCUT2D eigenvalue weighted by molar-refractivity contribution is 14.0. The van der Waals surface area contributed by atoms with Gasteiger partial charge in [0.05, 0.1) is 6.10 Å². The summed E-state index contributed by atoms with van der Waals surface area (Å²) in [7, 11) is 0. The van der Waals surface area contributed by atoms with E-state index in [-0.39, 0.29) is 48.1 Å². The molecule has 7 nitrogen and oxygen atoms in total. The van der Waals surface area contributed by atoms with Crippen LogP contribution in [0.15, 0.2) is 29.3 Å². The SMILES string of the molecule is CCN1CCCC(CNC(=NCC(=O)NC(C)(C)C)Nc2ccc(OC(C)C)cc2)C1.I. The molecule has 1 aliphatic heterocycles. The van der Waals surface area contributed by atoms with Crippen molar-refractivity contribution >= 4 is 41.5 Å². The summed E-state index contributed by atoms with van der Waals surface area (Å²) in [5, 5.41) is 9.74.